The number of aromatic nitrogens is 1. The summed E-state index contributed by atoms with van der Waals surface area (Å²) in [6.07, 6.45) is 5.01. The molecular weight excluding hydrogens is 502 g/mol. The van der Waals surface area contributed by atoms with Crippen molar-refractivity contribution in [1.82, 2.24) is 9.99 Å². The van der Waals surface area contributed by atoms with Gasteiger partial charge in [-0.15, -0.1) is 11.8 Å². The lowest BCUT2D eigenvalue weighted by atomic mass is 10.1. The Hall–Kier alpha value is -3.40. The Bertz CT molecular complexity index is 1360. The van der Waals surface area contributed by atoms with Crippen molar-refractivity contribution in [1.29, 1.82) is 5.41 Å². The molecule has 0 radical (unpaired) electrons. The maximum Gasteiger partial charge on any atom is 0.283 e. The summed E-state index contributed by atoms with van der Waals surface area (Å²) in [4.78, 5) is 22.0. The van der Waals surface area contributed by atoms with E-state index in [1.165, 1.54) is 16.8 Å². The van der Waals surface area contributed by atoms with E-state index in [2.05, 4.69) is 15.1 Å². The minimum Gasteiger partial charge on any atom is -0.493 e. The fraction of sp³-hybridized carbons (Fsp3) is 0.0800. The number of carbonyl (C=O) groups excluding carboxylic acids is 1. The van der Waals surface area contributed by atoms with Crippen LogP contribution in [0.3, 0.4) is 0 Å². The number of ether oxygens (including phenoxy) is 1. The van der Waals surface area contributed by atoms with Gasteiger partial charge in [0, 0.05) is 33.6 Å². The molecule has 1 N–H and O–H groups in total. The number of fused-ring (bicyclic) bond motifs is 1. The number of carbonyl (C=O) groups is 1. The fourth-order valence-corrected chi connectivity index (χ4v) is 5.01. The van der Waals surface area contributed by atoms with E-state index < -0.39 is 5.91 Å². The molecule has 2 aliphatic heterocycles. The van der Waals surface area contributed by atoms with Gasteiger partial charge in [0.1, 0.15) is 10.8 Å². The Morgan fingerprint density at radius 2 is 1.91 bits per heavy atom. The highest BCUT2D eigenvalue weighted by Gasteiger charge is 2.36. The number of pyridine rings is 1. The summed E-state index contributed by atoms with van der Waals surface area (Å²) in [6, 6.07) is 18.8. The quantitative estimate of drug-likeness (QED) is 0.249. The molecule has 1 amide bonds. The summed E-state index contributed by atoms with van der Waals surface area (Å²) >= 11 is 8.85. The minimum absolute atomic E-state index is 0.00839. The van der Waals surface area contributed by atoms with Gasteiger partial charge >= 0.3 is 0 Å². The maximum atomic E-state index is 12.6. The lowest BCUT2D eigenvalue weighted by Crippen LogP contribution is -2.35. The van der Waals surface area contributed by atoms with Crippen LogP contribution in [-0.4, -0.2) is 44.3 Å². The van der Waals surface area contributed by atoms with Crippen LogP contribution < -0.4 is 4.74 Å². The Morgan fingerprint density at radius 1 is 1.11 bits per heavy atom. The molecule has 2 aliphatic rings. The standard InChI is InChI=1S/C25H18ClN5O2S2/c26-18-5-9-20(10-6-18)34-13-12-33-19-7-3-16(4-8-19)14-21-22(27)31-25(29-23(21)32)35-24(30-31)17-2-1-11-28-15-17/h1-11,14-15,27H,12-13H2/b21-14-,27-22?. The zero-order valence-corrected chi connectivity index (χ0v) is 20.6. The molecule has 1 aromatic heterocycles. The zero-order chi connectivity index (χ0) is 24.2. The van der Waals surface area contributed by atoms with Gasteiger partial charge < -0.3 is 4.74 Å². The predicted octanol–water partition coefficient (Wildman–Crippen LogP) is 5.57. The number of hydrogen-bond donors (Lipinski definition) is 1. The monoisotopic (exact) mass is 519 g/mol. The number of halogens is 1. The lowest BCUT2D eigenvalue weighted by molar-refractivity contribution is -0.114. The van der Waals surface area contributed by atoms with Gasteiger partial charge in [0.15, 0.2) is 5.84 Å². The van der Waals surface area contributed by atoms with Crippen molar-refractivity contribution in [3.63, 3.8) is 0 Å². The number of amidine groups is 2. The second-order valence-corrected chi connectivity index (χ2v) is 9.95. The number of nitrogens with one attached hydrogen (secondary N) is 1. The van der Waals surface area contributed by atoms with Gasteiger partial charge in [-0.05, 0) is 71.9 Å². The maximum absolute atomic E-state index is 12.6. The average Bonchev–Trinajstić information content (AvgIpc) is 3.31. The first kappa shape index (κ1) is 23.3. The van der Waals surface area contributed by atoms with Gasteiger partial charge in [-0.3, -0.25) is 15.2 Å². The van der Waals surface area contributed by atoms with Crippen LogP contribution >= 0.6 is 35.1 Å². The van der Waals surface area contributed by atoms with Gasteiger partial charge in [-0.2, -0.15) is 15.1 Å². The molecule has 174 valence electrons. The molecule has 0 atom stereocenters. The van der Waals surface area contributed by atoms with Crippen LogP contribution in [0.1, 0.15) is 11.1 Å². The van der Waals surface area contributed by atoms with Gasteiger partial charge in [0.25, 0.3) is 5.91 Å². The predicted molar refractivity (Wildman–Crippen MR) is 142 cm³/mol. The molecule has 0 spiro atoms. The summed E-state index contributed by atoms with van der Waals surface area (Å²) in [6.45, 7) is 0.554. The van der Waals surface area contributed by atoms with Crippen LogP contribution in [0.15, 0.2) is 93.6 Å². The second kappa shape index (κ2) is 10.5. The highest BCUT2D eigenvalue weighted by Crippen LogP contribution is 2.31. The lowest BCUT2D eigenvalue weighted by Gasteiger charge is -2.20. The van der Waals surface area contributed by atoms with E-state index in [9.17, 15) is 4.79 Å². The summed E-state index contributed by atoms with van der Waals surface area (Å²) < 4.78 is 5.82. The van der Waals surface area contributed by atoms with Crippen LogP contribution in [0.4, 0.5) is 0 Å². The first-order chi connectivity index (χ1) is 17.1. The van der Waals surface area contributed by atoms with Crippen LogP contribution in [0.2, 0.25) is 5.02 Å². The van der Waals surface area contributed by atoms with E-state index in [0.717, 1.165) is 32.5 Å². The summed E-state index contributed by atoms with van der Waals surface area (Å²) in [5.41, 5.74) is 1.75. The number of hydrazone groups is 1. The summed E-state index contributed by atoms with van der Waals surface area (Å²) in [7, 11) is 0. The van der Waals surface area contributed by atoms with Crippen molar-refractivity contribution >= 4 is 63.2 Å². The average molecular weight is 520 g/mol. The van der Waals surface area contributed by atoms with Crippen LogP contribution in [0.25, 0.3) is 6.08 Å². The third-order valence-electron chi connectivity index (χ3n) is 4.99. The molecule has 2 aromatic carbocycles. The number of benzene rings is 2. The van der Waals surface area contributed by atoms with Crippen molar-refractivity contribution < 1.29 is 9.53 Å². The van der Waals surface area contributed by atoms with Crippen LogP contribution in [0, 0.1) is 5.41 Å². The van der Waals surface area contributed by atoms with E-state index in [4.69, 9.17) is 21.7 Å². The summed E-state index contributed by atoms with van der Waals surface area (Å²) in [5.74, 6) is 1.06. The van der Waals surface area contributed by atoms with E-state index >= 15 is 0 Å². The smallest absolute Gasteiger partial charge is 0.283 e. The molecule has 3 heterocycles. The second-order valence-electron chi connectivity index (χ2n) is 7.39. The van der Waals surface area contributed by atoms with Crippen molar-refractivity contribution in [3.8, 4) is 5.75 Å². The van der Waals surface area contributed by atoms with Crippen molar-refractivity contribution in [2.75, 3.05) is 12.4 Å². The Labute approximate surface area is 215 Å². The van der Waals surface area contributed by atoms with Gasteiger partial charge in [-0.1, -0.05) is 23.7 Å². The number of hydrogen-bond acceptors (Lipinski definition) is 7. The van der Waals surface area contributed by atoms with E-state index in [0.29, 0.717) is 16.8 Å². The molecule has 3 aromatic rings. The Kier molecular flexibility index (Phi) is 6.98. The molecule has 0 aliphatic carbocycles. The number of amides is 1. The van der Waals surface area contributed by atoms with Gasteiger partial charge in [-0.25, -0.2) is 0 Å². The third-order valence-corrected chi connectivity index (χ3v) is 7.17. The fourth-order valence-electron chi connectivity index (χ4n) is 3.27. The number of aliphatic imine (C=N–C) groups is 1. The Morgan fingerprint density at radius 3 is 2.66 bits per heavy atom. The molecule has 0 fully saturated rings. The van der Waals surface area contributed by atoms with Crippen molar-refractivity contribution in [2.24, 2.45) is 10.1 Å². The molecule has 0 unspecified atom stereocenters. The van der Waals surface area contributed by atoms with Crippen LogP contribution in [0.5, 0.6) is 5.75 Å². The molecule has 5 rings (SSSR count). The third kappa shape index (κ3) is 5.48. The van der Waals surface area contributed by atoms with Crippen molar-refractivity contribution in [3.05, 3.63) is 94.8 Å². The molecular formula is C25H18ClN5O2S2. The molecule has 35 heavy (non-hydrogen) atoms. The molecule has 0 saturated heterocycles. The highest BCUT2D eigenvalue weighted by atomic mass is 35.5. The van der Waals surface area contributed by atoms with Crippen LogP contribution in [-0.2, 0) is 4.79 Å². The number of thioether (sulfide) groups is 2. The SMILES string of the molecule is N=C1/C(=C/c2ccc(OCCSc3ccc(Cl)cc3)cc2)C(=O)N=C2SC(c3cccnc3)=NN12. The summed E-state index contributed by atoms with van der Waals surface area (Å²) in [5, 5.41) is 16.1. The van der Waals surface area contributed by atoms with E-state index in [1.807, 2.05) is 60.7 Å². The number of nitrogens with zero attached hydrogens (tertiary/aromatic N) is 4. The molecule has 7 nitrogen and oxygen atoms in total. The number of rotatable bonds is 7. The largest absolute Gasteiger partial charge is 0.493 e. The Balaban J connectivity index is 1.22. The van der Waals surface area contributed by atoms with E-state index in [1.54, 1.807) is 30.2 Å². The van der Waals surface area contributed by atoms with E-state index in [-0.39, 0.29) is 11.4 Å². The zero-order valence-electron chi connectivity index (χ0n) is 18.2. The molecule has 10 heteroatoms. The molecule has 0 saturated carbocycles. The van der Waals surface area contributed by atoms with Crippen molar-refractivity contribution in [2.45, 2.75) is 4.90 Å². The normalized spacial score (nSPS) is 16.3. The molecule has 0 bridgehead atoms. The highest BCUT2D eigenvalue weighted by molar-refractivity contribution is 8.27. The van der Waals surface area contributed by atoms with Gasteiger partial charge in [0.05, 0.1) is 12.2 Å². The van der Waals surface area contributed by atoms with Gasteiger partial charge in [0.2, 0.25) is 5.17 Å². The first-order valence-electron chi connectivity index (χ1n) is 10.6. The first-order valence-corrected chi connectivity index (χ1v) is 12.8. The minimum atomic E-state index is -0.462. The topological polar surface area (TPSA) is 91.0 Å².